The van der Waals surface area contributed by atoms with E-state index in [0.29, 0.717) is 16.8 Å². The highest BCUT2D eigenvalue weighted by Gasteiger charge is 2.32. The van der Waals surface area contributed by atoms with E-state index < -0.39 is 5.82 Å². The number of halogens is 2. The van der Waals surface area contributed by atoms with Crippen LogP contribution in [0.1, 0.15) is 22.3 Å². The number of nitrogens with one attached hydrogen (secondary N) is 1. The van der Waals surface area contributed by atoms with Crippen molar-refractivity contribution in [1.29, 1.82) is 0 Å². The summed E-state index contributed by atoms with van der Waals surface area (Å²) in [6, 6.07) is 10.4. The topological polar surface area (TPSA) is 69.6 Å². The maximum atomic E-state index is 13.6. The Hall–Kier alpha value is -2.44. The monoisotopic (exact) mass is 362 g/mol. The number of nitrogens with zero attached hydrogens (tertiary/aromatic N) is 1. The van der Waals surface area contributed by atoms with Crippen LogP contribution < -0.4 is 10.2 Å². The molecule has 2 N–H and O–H groups in total. The van der Waals surface area contributed by atoms with Crippen LogP contribution in [0.3, 0.4) is 0 Å². The molecule has 1 fully saturated rings. The van der Waals surface area contributed by atoms with E-state index in [9.17, 15) is 14.0 Å². The second-order valence-corrected chi connectivity index (χ2v) is 6.24. The van der Waals surface area contributed by atoms with Gasteiger partial charge in [0.15, 0.2) is 0 Å². The van der Waals surface area contributed by atoms with Gasteiger partial charge in [-0.05, 0) is 35.9 Å². The van der Waals surface area contributed by atoms with Gasteiger partial charge in [-0.1, -0.05) is 23.7 Å². The van der Waals surface area contributed by atoms with Gasteiger partial charge in [-0.2, -0.15) is 0 Å². The lowest BCUT2D eigenvalue weighted by Gasteiger charge is -2.17. The van der Waals surface area contributed by atoms with E-state index in [1.54, 1.807) is 30.3 Å². The summed E-state index contributed by atoms with van der Waals surface area (Å²) in [5.74, 6) is -1.09. The predicted molar refractivity (Wildman–Crippen MR) is 92.0 cm³/mol. The maximum absolute atomic E-state index is 13.6. The van der Waals surface area contributed by atoms with Crippen molar-refractivity contribution < 1.29 is 19.1 Å². The van der Waals surface area contributed by atoms with E-state index in [0.717, 1.165) is 0 Å². The van der Waals surface area contributed by atoms with Crippen LogP contribution in [0.5, 0.6) is 0 Å². The minimum absolute atomic E-state index is 0.00780. The summed E-state index contributed by atoms with van der Waals surface area (Å²) in [6.07, 6.45) is 0.144. The molecule has 0 spiro atoms. The molecule has 0 saturated carbocycles. The summed E-state index contributed by atoms with van der Waals surface area (Å²) in [5, 5.41) is 11.8. The molecule has 1 atom stereocenters. The van der Waals surface area contributed by atoms with Crippen molar-refractivity contribution in [3.63, 3.8) is 0 Å². The van der Waals surface area contributed by atoms with Gasteiger partial charge in [0.1, 0.15) is 5.82 Å². The van der Waals surface area contributed by atoms with E-state index in [2.05, 4.69) is 5.32 Å². The van der Waals surface area contributed by atoms with Crippen molar-refractivity contribution in [3.05, 3.63) is 64.4 Å². The van der Waals surface area contributed by atoms with Gasteiger partial charge in [0.2, 0.25) is 5.91 Å². The van der Waals surface area contributed by atoms with E-state index >= 15 is 0 Å². The molecule has 7 heteroatoms. The van der Waals surface area contributed by atoms with E-state index in [1.165, 1.54) is 17.0 Å². The molecule has 0 bridgehead atoms. The Morgan fingerprint density at radius 2 is 2.00 bits per heavy atom. The van der Waals surface area contributed by atoms with Gasteiger partial charge in [0.05, 0.1) is 17.7 Å². The third kappa shape index (κ3) is 3.81. The van der Waals surface area contributed by atoms with Crippen LogP contribution >= 0.6 is 11.6 Å². The second kappa shape index (κ2) is 7.21. The van der Waals surface area contributed by atoms with Crippen molar-refractivity contribution >= 4 is 29.1 Å². The number of amides is 2. The van der Waals surface area contributed by atoms with Crippen LogP contribution in [-0.2, 0) is 11.4 Å². The van der Waals surface area contributed by atoms with Gasteiger partial charge in [-0.25, -0.2) is 4.39 Å². The molecule has 2 aromatic carbocycles. The number of hydrogen-bond donors (Lipinski definition) is 2. The molecule has 0 aromatic heterocycles. The van der Waals surface area contributed by atoms with Gasteiger partial charge in [0, 0.05) is 24.2 Å². The number of aliphatic hydroxyl groups is 1. The van der Waals surface area contributed by atoms with Crippen LogP contribution in [0.4, 0.5) is 10.1 Å². The standard InChI is InChI=1S/C18H16ClFN2O3/c19-15-6-5-14(8-16(15)20)22-9-13(7-17(22)24)21-18(25)12-3-1-11(10-23)2-4-12/h1-6,8,13,23H,7,9-10H2,(H,21,25). The molecule has 1 aliphatic rings. The molecule has 1 heterocycles. The summed E-state index contributed by atoms with van der Waals surface area (Å²) in [6.45, 7) is 0.173. The number of carbonyl (C=O) groups excluding carboxylic acids is 2. The van der Waals surface area contributed by atoms with Crippen LogP contribution in [-0.4, -0.2) is 29.5 Å². The lowest BCUT2D eigenvalue weighted by molar-refractivity contribution is -0.117. The number of rotatable bonds is 4. The number of anilines is 1. The Balaban J connectivity index is 1.67. The molecule has 3 rings (SSSR count). The normalized spacial score (nSPS) is 17.0. The number of hydrogen-bond acceptors (Lipinski definition) is 3. The van der Waals surface area contributed by atoms with Gasteiger partial charge in [0.25, 0.3) is 5.91 Å². The minimum Gasteiger partial charge on any atom is -0.392 e. The zero-order valence-corrected chi connectivity index (χ0v) is 14.0. The highest BCUT2D eigenvalue weighted by atomic mass is 35.5. The second-order valence-electron chi connectivity index (χ2n) is 5.83. The molecule has 5 nitrogen and oxygen atoms in total. The summed E-state index contributed by atoms with van der Waals surface area (Å²) in [7, 11) is 0. The zero-order valence-electron chi connectivity index (χ0n) is 13.2. The first kappa shape index (κ1) is 17.4. The number of benzene rings is 2. The fourth-order valence-corrected chi connectivity index (χ4v) is 2.85. The Labute approximate surface area is 149 Å². The van der Waals surface area contributed by atoms with E-state index in [-0.39, 0.29) is 42.5 Å². The Bertz CT molecular complexity index is 810. The maximum Gasteiger partial charge on any atom is 0.251 e. The molecule has 2 amide bonds. The molecule has 25 heavy (non-hydrogen) atoms. The molecule has 1 saturated heterocycles. The fraction of sp³-hybridized carbons (Fsp3) is 0.222. The van der Waals surface area contributed by atoms with Crippen molar-refractivity contribution in [2.24, 2.45) is 0 Å². The summed E-state index contributed by atoms with van der Waals surface area (Å²) >= 11 is 5.66. The largest absolute Gasteiger partial charge is 0.392 e. The molecule has 0 aliphatic carbocycles. The van der Waals surface area contributed by atoms with Crippen LogP contribution in [0.2, 0.25) is 5.02 Å². The van der Waals surface area contributed by atoms with Crippen molar-refractivity contribution in [2.45, 2.75) is 19.1 Å². The Morgan fingerprint density at radius 3 is 2.64 bits per heavy atom. The van der Waals surface area contributed by atoms with Gasteiger partial charge < -0.3 is 15.3 Å². The first-order chi connectivity index (χ1) is 12.0. The summed E-state index contributed by atoms with van der Waals surface area (Å²) in [5.41, 5.74) is 1.57. The molecule has 2 aromatic rings. The first-order valence-corrected chi connectivity index (χ1v) is 8.12. The van der Waals surface area contributed by atoms with E-state index in [4.69, 9.17) is 16.7 Å². The van der Waals surface area contributed by atoms with Gasteiger partial charge in [-0.15, -0.1) is 0 Å². The smallest absolute Gasteiger partial charge is 0.251 e. The van der Waals surface area contributed by atoms with Gasteiger partial charge >= 0.3 is 0 Å². The summed E-state index contributed by atoms with van der Waals surface area (Å²) in [4.78, 5) is 25.9. The third-order valence-corrected chi connectivity index (χ3v) is 4.38. The van der Waals surface area contributed by atoms with Crippen LogP contribution in [0.15, 0.2) is 42.5 Å². The predicted octanol–water partition coefficient (Wildman–Crippen LogP) is 2.51. The van der Waals surface area contributed by atoms with Crippen molar-refractivity contribution in [1.82, 2.24) is 5.32 Å². The lowest BCUT2D eigenvalue weighted by Crippen LogP contribution is -2.37. The molecular formula is C18H16ClFN2O3. The quantitative estimate of drug-likeness (QED) is 0.878. The van der Waals surface area contributed by atoms with Crippen molar-refractivity contribution in [2.75, 3.05) is 11.4 Å². The fourth-order valence-electron chi connectivity index (χ4n) is 2.74. The average Bonchev–Trinajstić information content (AvgIpc) is 2.97. The van der Waals surface area contributed by atoms with Gasteiger partial charge in [-0.3, -0.25) is 9.59 Å². The average molecular weight is 363 g/mol. The Morgan fingerprint density at radius 1 is 1.28 bits per heavy atom. The lowest BCUT2D eigenvalue weighted by atomic mass is 10.1. The van der Waals surface area contributed by atoms with Crippen LogP contribution in [0, 0.1) is 5.82 Å². The first-order valence-electron chi connectivity index (χ1n) is 7.74. The highest BCUT2D eigenvalue weighted by Crippen LogP contribution is 2.26. The number of aliphatic hydroxyl groups excluding tert-OH is 1. The molecule has 1 unspecified atom stereocenters. The minimum atomic E-state index is -0.594. The molecule has 0 radical (unpaired) electrons. The molecule has 1 aliphatic heterocycles. The van der Waals surface area contributed by atoms with Crippen LogP contribution in [0.25, 0.3) is 0 Å². The Kier molecular flexibility index (Phi) is 5.01. The zero-order chi connectivity index (χ0) is 18.0. The van der Waals surface area contributed by atoms with E-state index in [1.807, 2.05) is 0 Å². The molecule has 130 valence electrons. The SMILES string of the molecule is O=C(NC1CC(=O)N(c2ccc(Cl)c(F)c2)C1)c1ccc(CO)cc1. The highest BCUT2D eigenvalue weighted by molar-refractivity contribution is 6.30. The number of carbonyl (C=O) groups is 2. The third-order valence-electron chi connectivity index (χ3n) is 4.07. The van der Waals surface area contributed by atoms with Crippen molar-refractivity contribution in [3.8, 4) is 0 Å². The molecular weight excluding hydrogens is 347 g/mol. The summed E-state index contributed by atoms with van der Waals surface area (Å²) < 4.78 is 13.6.